The summed E-state index contributed by atoms with van der Waals surface area (Å²) in [6, 6.07) is 8.67. The number of aromatic nitrogens is 1. The minimum atomic E-state index is -3.83. The van der Waals surface area contributed by atoms with Gasteiger partial charge in [0, 0.05) is 17.7 Å². The fourth-order valence-corrected chi connectivity index (χ4v) is 3.84. The number of pyridine rings is 1. The summed E-state index contributed by atoms with van der Waals surface area (Å²) in [7, 11) is -2.45. The topological polar surface area (TPSA) is 87.6 Å². The Morgan fingerprint density at radius 1 is 1.29 bits per heavy atom. The second-order valence-corrected chi connectivity index (χ2v) is 6.90. The fraction of sp³-hybridized carbons (Fsp3) is 0.0769. The van der Waals surface area contributed by atoms with Gasteiger partial charge >= 0.3 is 5.97 Å². The molecular formula is C13H11BrN2O4S. The Morgan fingerprint density at radius 3 is 2.52 bits per heavy atom. The minimum Gasteiger partial charge on any atom is -0.478 e. The average molecular weight is 371 g/mol. The Morgan fingerprint density at radius 2 is 2.00 bits per heavy atom. The van der Waals surface area contributed by atoms with Crippen LogP contribution < -0.4 is 4.31 Å². The van der Waals surface area contributed by atoms with Gasteiger partial charge in [0.05, 0.1) is 5.56 Å². The van der Waals surface area contributed by atoms with Gasteiger partial charge in [0.15, 0.2) is 0 Å². The van der Waals surface area contributed by atoms with E-state index in [0.717, 1.165) is 4.31 Å². The summed E-state index contributed by atoms with van der Waals surface area (Å²) in [6.07, 6.45) is 1.49. The smallest absolute Gasteiger partial charge is 0.335 e. The van der Waals surface area contributed by atoms with Crippen LogP contribution in [-0.2, 0) is 10.0 Å². The molecule has 1 aromatic heterocycles. The third-order valence-electron chi connectivity index (χ3n) is 2.79. The number of carbonyl (C=O) groups is 1. The predicted molar refractivity (Wildman–Crippen MR) is 80.9 cm³/mol. The molecule has 6 nitrogen and oxygen atoms in total. The lowest BCUT2D eigenvalue weighted by Crippen LogP contribution is -2.27. The Hall–Kier alpha value is -1.93. The Bertz CT molecular complexity index is 778. The van der Waals surface area contributed by atoms with Gasteiger partial charge in [-0.15, -0.1) is 0 Å². The van der Waals surface area contributed by atoms with Crippen molar-refractivity contribution in [2.75, 3.05) is 11.4 Å². The molecule has 0 saturated heterocycles. The molecule has 0 atom stereocenters. The number of carboxylic acid groups (broad SMARTS) is 1. The molecule has 1 N–H and O–H groups in total. The maximum absolute atomic E-state index is 12.5. The fourth-order valence-electron chi connectivity index (χ4n) is 1.65. The van der Waals surface area contributed by atoms with Crippen molar-refractivity contribution in [1.29, 1.82) is 0 Å². The van der Waals surface area contributed by atoms with Crippen molar-refractivity contribution in [1.82, 2.24) is 4.98 Å². The average Bonchev–Trinajstić information content (AvgIpc) is 2.46. The van der Waals surface area contributed by atoms with Gasteiger partial charge < -0.3 is 5.11 Å². The van der Waals surface area contributed by atoms with Crippen LogP contribution in [0, 0.1) is 0 Å². The van der Waals surface area contributed by atoms with Crippen LogP contribution in [0.3, 0.4) is 0 Å². The SMILES string of the molecule is CN(c1ccccn1)S(=O)(=O)c1ccc(C(=O)O)cc1Br. The van der Waals surface area contributed by atoms with Crippen LogP contribution >= 0.6 is 15.9 Å². The molecular weight excluding hydrogens is 360 g/mol. The molecule has 0 amide bonds. The van der Waals surface area contributed by atoms with Crippen molar-refractivity contribution in [2.45, 2.75) is 4.90 Å². The summed E-state index contributed by atoms with van der Waals surface area (Å²) >= 11 is 3.10. The first-order chi connectivity index (χ1) is 9.84. The molecule has 1 aromatic carbocycles. The van der Waals surface area contributed by atoms with Crippen LogP contribution in [0.4, 0.5) is 5.82 Å². The van der Waals surface area contributed by atoms with E-state index in [1.54, 1.807) is 18.2 Å². The van der Waals surface area contributed by atoms with Crippen molar-refractivity contribution in [3.05, 3.63) is 52.6 Å². The van der Waals surface area contributed by atoms with Crippen molar-refractivity contribution < 1.29 is 18.3 Å². The van der Waals surface area contributed by atoms with Gasteiger partial charge in [-0.3, -0.25) is 4.31 Å². The second-order valence-electron chi connectivity index (χ2n) is 4.11. The first-order valence-electron chi connectivity index (χ1n) is 5.77. The number of anilines is 1. The maximum Gasteiger partial charge on any atom is 0.335 e. The van der Waals surface area contributed by atoms with E-state index in [4.69, 9.17) is 5.11 Å². The zero-order chi connectivity index (χ0) is 15.6. The summed E-state index contributed by atoms with van der Waals surface area (Å²) in [4.78, 5) is 14.8. The quantitative estimate of drug-likeness (QED) is 0.892. The molecule has 0 aliphatic heterocycles. The normalized spacial score (nSPS) is 11.1. The van der Waals surface area contributed by atoms with Gasteiger partial charge in [-0.05, 0) is 46.3 Å². The monoisotopic (exact) mass is 370 g/mol. The van der Waals surface area contributed by atoms with Crippen LogP contribution in [0.1, 0.15) is 10.4 Å². The van der Waals surface area contributed by atoms with Gasteiger partial charge in [-0.2, -0.15) is 0 Å². The van der Waals surface area contributed by atoms with Crippen LogP contribution in [0.2, 0.25) is 0 Å². The molecule has 21 heavy (non-hydrogen) atoms. The van der Waals surface area contributed by atoms with E-state index < -0.39 is 16.0 Å². The van der Waals surface area contributed by atoms with Crippen LogP contribution in [0.15, 0.2) is 52.0 Å². The number of benzene rings is 1. The zero-order valence-electron chi connectivity index (χ0n) is 10.9. The number of hydrogen-bond donors (Lipinski definition) is 1. The highest BCUT2D eigenvalue weighted by Crippen LogP contribution is 2.27. The van der Waals surface area contributed by atoms with E-state index in [2.05, 4.69) is 20.9 Å². The Balaban J connectivity index is 2.47. The molecule has 0 aliphatic rings. The van der Waals surface area contributed by atoms with E-state index in [0.29, 0.717) is 0 Å². The van der Waals surface area contributed by atoms with Crippen molar-refractivity contribution in [2.24, 2.45) is 0 Å². The molecule has 2 aromatic rings. The molecule has 0 fully saturated rings. The molecule has 0 spiro atoms. The third-order valence-corrected chi connectivity index (χ3v) is 5.53. The number of aromatic carboxylic acids is 1. The maximum atomic E-state index is 12.5. The lowest BCUT2D eigenvalue weighted by molar-refractivity contribution is 0.0696. The number of hydrogen-bond acceptors (Lipinski definition) is 4. The second kappa shape index (κ2) is 5.82. The van der Waals surface area contributed by atoms with Gasteiger partial charge in [-0.25, -0.2) is 18.2 Å². The minimum absolute atomic E-state index is 0.00122. The van der Waals surface area contributed by atoms with Crippen LogP contribution in [0.5, 0.6) is 0 Å². The van der Waals surface area contributed by atoms with Gasteiger partial charge in [-0.1, -0.05) is 6.07 Å². The first-order valence-corrected chi connectivity index (χ1v) is 8.00. The van der Waals surface area contributed by atoms with E-state index in [-0.39, 0.29) is 20.7 Å². The number of halogens is 1. The number of rotatable bonds is 4. The van der Waals surface area contributed by atoms with E-state index in [9.17, 15) is 13.2 Å². The van der Waals surface area contributed by atoms with Crippen LogP contribution in [-0.4, -0.2) is 31.5 Å². The molecule has 1 heterocycles. The molecule has 0 unspecified atom stereocenters. The van der Waals surface area contributed by atoms with E-state index >= 15 is 0 Å². The van der Waals surface area contributed by atoms with Crippen molar-refractivity contribution in [3.8, 4) is 0 Å². The third kappa shape index (κ3) is 3.06. The van der Waals surface area contributed by atoms with E-state index in [1.165, 1.54) is 31.4 Å². The molecule has 8 heteroatoms. The van der Waals surface area contributed by atoms with E-state index in [1.807, 2.05) is 0 Å². The molecule has 2 rings (SSSR count). The number of carboxylic acids is 1. The molecule has 0 radical (unpaired) electrons. The summed E-state index contributed by atoms with van der Waals surface area (Å²) in [5.41, 5.74) is 0.00122. The van der Waals surface area contributed by atoms with Gasteiger partial charge in [0.25, 0.3) is 10.0 Å². The number of nitrogens with zero attached hydrogens (tertiary/aromatic N) is 2. The molecule has 0 bridgehead atoms. The lowest BCUT2D eigenvalue weighted by Gasteiger charge is -2.19. The summed E-state index contributed by atoms with van der Waals surface area (Å²) < 4.78 is 26.3. The highest BCUT2D eigenvalue weighted by atomic mass is 79.9. The highest BCUT2D eigenvalue weighted by Gasteiger charge is 2.25. The zero-order valence-corrected chi connectivity index (χ0v) is 13.3. The summed E-state index contributed by atoms with van der Waals surface area (Å²) in [5, 5.41) is 8.90. The van der Waals surface area contributed by atoms with Crippen molar-refractivity contribution in [3.63, 3.8) is 0 Å². The summed E-state index contributed by atoms with van der Waals surface area (Å²) in [6.45, 7) is 0. The standard InChI is InChI=1S/C13H11BrN2O4S/c1-16(12-4-2-3-7-15-12)21(19,20)11-6-5-9(13(17)18)8-10(11)14/h2-8H,1H3,(H,17,18). The predicted octanol–water partition coefficient (Wildman–Crippen LogP) is 2.37. The van der Waals surface area contributed by atoms with Crippen molar-refractivity contribution >= 4 is 37.7 Å². The largest absolute Gasteiger partial charge is 0.478 e. The molecule has 0 aliphatic carbocycles. The Kier molecular flexibility index (Phi) is 4.29. The Labute approximate surface area is 130 Å². The van der Waals surface area contributed by atoms with Crippen LogP contribution in [0.25, 0.3) is 0 Å². The van der Waals surface area contributed by atoms with Gasteiger partial charge in [0.1, 0.15) is 10.7 Å². The summed E-state index contributed by atoms with van der Waals surface area (Å²) in [5.74, 6) is -0.857. The first kappa shape index (κ1) is 15.5. The molecule has 0 saturated carbocycles. The molecule has 110 valence electrons. The highest BCUT2D eigenvalue weighted by molar-refractivity contribution is 9.10. The lowest BCUT2D eigenvalue weighted by atomic mass is 10.2. The number of sulfonamides is 1. The van der Waals surface area contributed by atoms with Gasteiger partial charge in [0.2, 0.25) is 0 Å².